The van der Waals surface area contributed by atoms with E-state index in [4.69, 9.17) is 18.9 Å². The van der Waals surface area contributed by atoms with Gasteiger partial charge in [-0.3, -0.25) is 4.79 Å². The van der Waals surface area contributed by atoms with Crippen LogP contribution in [0.2, 0.25) is 0 Å². The average Bonchev–Trinajstić information content (AvgIpc) is 3.08. The summed E-state index contributed by atoms with van der Waals surface area (Å²) >= 11 is 0. The summed E-state index contributed by atoms with van der Waals surface area (Å²) in [6.07, 6.45) is 1.38. The van der Waals surface area contributed by atoms with Gasteiger partial charge in [0.15, 0.2) is 0 Å². The van der Waals surface area contributed by atoms with Crippen molar-refractivity contribution in [3.63, 3.8) is 0 Å². The van der Waals surface area contributed by atoms with Crippen LogP contribution < -0.4 is 0 Å². The average molecular weight is 771 g/mol. The number of ketones is 1. The number of hydrogen-bond acceptors (Lipinski definition) is 8. The maximum Gasteiger partial charge on any atom is 0.508 e. The minimum Gasteiger partial charge on any atom is -0.447 e. The van der Waals surface area contributed by atoms with E-state index in [1.165, 1.54) is 20.9 Å². The number of rotatable bonds is 17. The topological polar surface area (TPSA) is 112 Å². The molecule has 0 saturated heterocycles. The molecule has 0 saturated carbocycles. The molecule has 2 aromatic carbocycles. The summed E-state index contributed by atoms with van der Waals surface area (Å²) in [5, 5.41) is 0. The van der Waals surface area contributed by atoms with Gasteiger partial charge in [0, 0.05) is 39.0 Å². The Bertz CT molecular complexity index is 1370. The zero-order valence-electron chi connectivity index (χ0n) is 36.8. The summed E-state index contributed by atoms with van der Waals surface area (Å²) in [6, 6.07) is 16.2. The molecule has 0 bridgehead atoms. The highest BCUT2D eigenvalue weighted by Gasteiger charge is 2.17. The van der Waals surface area contributed by atoms with Gasteiger partial charge in [-0.15, -0.1) is 0 Å². The van der Waals surface area contributed by atoms with Crippen molar-refractivity contribution in [2.45, 2.75) is 135 Å². The molecule has 2 aromatic rings. The fourth-order valence-electron chi connectivity index (χ4n) is 5.28. The van der Waals surface area contributed by atoms with Gasteiger partial charge < -0.3 is 28.7 Å². The largest absolute Gasteiger partial charge is 0.508 e. The predicted molar refractivity (Wildman–Crippen MR) is 222 cm³/mol. The lowest BCUT2D eigenvalue weighted by molar-refractivity contribution is -0.125. The molecule has 0 radical (unpaired) electrons. The fraction of sp³-hybridized carbons (Fsp3) is 0.644. The Morgan fingerprint density at radius 2 is 0.891 bits per heavy atom. The van der Waals surface area contributed by atoms with Crippen LogP contribution in [0.15, 0.2) is 48.5 Å². The normalized spacial score (nSPS) is 11.4. The first-order chi connectivity index (χ1) is 25.6. The minimum absolute atomic E-state index is 0.147. The highest BCUT2D eigenvalue weighted by molar-refractivity contribution is 5.82. The standard InChI is InChI=1S/C20H32N2O4.C15H22O3.C10H20O/c1-15(2)13-17-7-9-18(10-8-17)14-25-19(23)21(5)11-12-22(6)20(24)26-16(3)4;1-11(2)9-13-5-7-14(8-6-13)10-17-15(16)18-12(3)4;1-7(2)6-9(5)10(11)8(3)4/h7-10,15-16H,11-14H2,1-6H3;5-8,11-12H,9-10H2,1-4H3;7-9H,6H2,1-5H3. The van der Waals surface area contributed by atoms with E-state index < -0.39 is 18.3 Å². The Labute approximate surface area is 333 Å². The predicted octanol–water partition coefficient (Wildman–Crippen LogP) is 10.8. The van der Waals surface area contributed by atoms with Crippen molar-refractivity contribution in [3.8, 4) is 0 Å². The van der Waals surface area contributed by atoms with Crippen LogP contribution in [0.25, 0.3) is 0 Å². The Balaban J connectivity index is 0.000000870. The number of nitrogens with zero attached hydrogens (tertiary/aromatic N) is 2. The number of benzene rings is 2. The molecule has 55 heavy (non-hydrogen) atoms. The van der Waals surface area contributed by atoms with Gasteiger partial charge in [0.1, 0.15) is 19.0 Å². The Hall–Kier alpha value is -4.08. The number of Topliss-reactive ketones (excluding diaryl/α,β-unsaturated/α-hetero) is 1. The van der Waals surface area contributed by atoms with Crippen molar-refractivity contribution in [2.24, 2.45) is 29.6 Å². The zero-order chi connectivity index (χ0) is 42.2. The molecule has 0 aliphatic rings. The monoisotopic (exact) mass is 771 g/mol. The molecule has 0 aliphatic heterocycles. The zero-order valence-corrected chi connectivity index (χ0v) is 36.8. The first-order valence-corrected chi connectivity index (χ1v) is 19.9. The van der Waals surface area contributed by atoms with Gasteiger partial charge in [0.2, 0.25) is 0 Å². The van der Waals surface area contributed by atoms with E-state index in [1.807, 2.05) is 45.0 Å². The van der Waals surface area contributed by atoms with Crippen molar-refractivity contribution < 1.29 is 38.1 Å². The van der Waals surface area contributed by atoms with E-state index >= 15 is 0 Å². The first kappa shape index (κ1) is 50.9. The van der Waals surface area contributed by atoms with Gasteiger partial charge in [-0.1, -0.05) is 111 Å². The maximum absolute atomic E-state index is 12.1. The molecule has 0 N–H and O–H groups in total. The smallest absolute Gasteiger partial charge is 0.447 e. The lowest BCUT2D eigenvalue weighted by Gasteiger charge is -2.22. The molecule has 1 unspecified atom stereocenters. The van der Waals surface area contributed by atoms with Crippen LogP contribution in [-0.4, -0.2) is 73.3 Å². The van der Waals surface area contributed by atoms with Gasteiger partial charge >= 0.3 is 18.3 Å². The molecule has 2 amide bonds. The number of likely N-dealkylation sites (N-methyl/N-ethyl adjacent to an activating group) is 2. The summed E-state index contributed by atoms with van der Waals surface area (Å²) in [4.78, 5) is 49.2. The molecule has 1 atom stereocenters. The number of amides is 2. The molecular formula is C45H74N2O8. The molecule has 10 nitrogen and oxygen atoms in total. The Morgan fingerprint density at radius 3 is 1.25 bits per heavy atom. The van der Waals surface area contributed by atoms with Crippen molar-refractivity contribution in [3.05, 3.63) is 70.8 Å². The Kier molecular flexibility index (Phi) is 25.5. The third-order valence-corrected chi connectivity index (χ3v) is 8.00. The van der Waals surface area contributed by atoms with Crippen molar-refractivity contribution in [2.75, 3.05) is 27.2 Å². The molecular weight excluding hydrogens is 697 g/mol. The van der Waals surface area contributed by atoms with E-state index in [9.17, 15) is 19.2 Å². The molecule has 2 rings (SSSR count). The number of hydrogen-bond donors (Lipinski definition) is 0. The lowest BCUT2D eigenvalue weighted by Crippen LogP contribution is -2.38. The van der Waals surface area contributed by atoms with Crippen molar-refractivity contribution in [1.82, 2.24) is 9.80 Å². The maximum atomic E-state index is 12.1. The van der Waals surface area contributed by atoms with Crippen LogP contribution in [0.4, 0.5) is 14.4 Å². The summed E-state index contributed by atoms with van der Waals surface area (Å²) in [5.74, 6) is 2.74. The number of ether oxygens (including phenoxy) is 4. The molecule has 0 aliphatic carbocycles. The second-order valence-corrected chi connectivity index (χ2v) is 16.5. The molecule has 0 spiro atoms. The van der Waals surface area contributed by atoms with Gasteiger partial charge in [-0.05, 0) is 87.0 Å². The van der Waals surface area contributed by atoms with Crippen LogP contribution in [-0.2, 0) is 49.8 Å². The van der Waals surface area contributed by atoms with Crippen LogP contribution in [0, 0.1) is 29.6 Å². The molecule has 0 aromatic heterocycles. The molecule has 0 fully saturated rings. The van der Waals surface area contributed by atoms with E-state index in [0.717, 1.165) is 30.4 Å². The SMILES string of the molecule is CC(C)CC(C)C(=O)C(C)C.CC(C)Cc1ccc(COC(=O)N(C)CCN(C)C(=O)OC(C)C)cc1.CC(C)Cc1ccc(COC(=O)OC(C)C)cc1. The first-order valence-electron chi connectivity index (χ1n) is 19.9. The van der Waals surface area contributed by atoms with Crippen LogP contribution in [0.1, 0.15) is 119 Å². The fourth-order valence-corrected chi connectivity index (χ4v) is 5.28. The van der Waals surface area contributed by atoms with Crippen LogP contribution in [0.5, 0.6) is 0 Å². The quantitative estimate of drug-likeness (QED) is 0.115. The van der Waals surface area contributed by atoms with Crippen molar-refractivity contribution in [1.29, 1.82) is 0 Å². The van der Waals surface area contributed by atoms with Gasteiger partial charge in [-0.25, -0.2) is 14.4 Å². The van der Waals surface area contributed by atoms with Gasteiger partial charge in [0.05, 0.1) is 12.2 Å². The van der Waals surface area contributed by atoms with Crippen molar-refractivity contribution >= 4 is 24.1 Å². The number of carbonyl (C=O) groups excluding carboxylic acids is 4. The summed E-state index contributed by atoms with van der Waals surface area (Å²) in [7, 11) is 3.29. The highest BCUT2D eigenvalue weighted by Crippen LogP contribution is 2.16. The van der Waals surface area contributed by atoms with E-state index in [0.29, 0.717) is 36.6 Å². The number of carbonyl (C=O) groups is 4. The van der Waals surface area contributed by atoms with E-state index in [1.54, 1.807) is 41.8 Å². The summed E-state index contributed by atoms with van der Waals surface area (Å²) in [5.41, 5.74) is 4.52. The molecule has 312 valence electrons. The molecule has 10 heteroatoms. The second-order valence-electron chi connectivity index (χ2n) is 16.5. The Morgan fingerprint density at radius 1 is 0.509 bits per heavy atom. The molecule has 0 heterocycles. The van der Waals surface area contributed by atoms with E-state index in [-0.39, 0.29) is 37.3 Å². The van der Waals surface area contributed by atoms with Crippen LogP contribution >= 0.6 is 0 Å². The van der Waals surface area contributed by atoms with Crippen LogP contribution in [0.3, 0.4) is 0 Å². The lowest BCUT2D eigenvalue weighted by atomic mass is 9.90. The third kappa shape index (κ3) is 25.6. The second kappa shape index (κ2) is 27.5. The van der Waals surface area contributed by atoms with Gasteiger partial charge in [-0.2, -0.15) is 0 Å². The van der Waals surface area contributed by atoms with Gasteiger partial charge in [0.25, 0.3) is 0 Å². The van der Waals surface area contributed by atoms with E-state index in [2.05, 4.69) is 65.8 Å². The highest BCUT2D eigenvalue weighted by atomic mass is 16.7. The minimum atomic E-state index is -0.615. The summed E-state index contributed by atoms with van der Waals surface area (Å²) in [6.45, 7) is 27.5. The summed E-state index contributed by atoms with van der Waals surface area (Å²) < 4.78 is 20.3. The third-order valence-electron chi connectivity index (χ3n) is 8.00.